The van der Waals surface area contributed by atoms with Gasteiger partial charge in [-0.15, -0.1) is 0 Å². The number of aliphatic hydroxyl groups is 3. The normalized spacial score (nSPS) is 44.7. The van der Waals surface area contributed by atoms with E-state index >= 15 is 0 Å². The van der Waals surface area contributed by atoms with Crippen molar-refractivity contribution in [2.24, 2.45) is 34.5 Å². The summed E-state index contributed by atoms with van der Waals surface area (Å²) in [6.45, 7) is 10.9. The molecule has 0 aliphatic heterocycles. The largest absolute Gasteiger partial charge is 0.393 e. The second-order valence-corrected chi connectivity index (χ2v) is 11.9. The summed E-state index contributed by atoms with van der Waals surface area (Å²) in [6.07, 6.45) is 15.0. The third kappa shape index (κ3) is 3.55. The molecule has 0 bridgehead atoms. The lowest BCUT2D eigenvalue weighted by molar-refractivity contribution is -0.0537. The van der Waals surface area contributed by atoms with Crippen molar-refractivity contribution in [1.29, 1.82) is 0 Å². The van der Waals surface area contributed by atoms with E-state index < -0.39 is 17.8 Å². The Morgan fingerprint density at radius 3 is 2.57 bits per heavy atom. The molecule has 0 saturated heterocycles. The van der Waals surface area contributed by atoms with E-state index in [0.29, 0.717) is 48.3 Å². The van der Waals surface area contributed by atoms with Gasteiger partial charge in [0.25, 0.3) is 0 Å². The minimum Gasteiger partial charge on any atom is -0.393 e. The van der Waals surface area contributed by atoms with Crippen molar-refractivity contribution in [1.82, 2.24) is 0 Å². The van der Waals surface area contributed by atoms with Gasteiger partial charge in [-0.3, -0.25) is 0 Å². The predicted octanol–water partition coefficient (Wildman–Crippen LogP) is 5.17. The number of allylic oxidation sites excluding steroid dienone is 4. The maximum atomic E-state index is 11.0. The molecule has 0 spiro atoms. The molecule has 0 amide bonds. The van der Waals surface area contributed by atoms with E-state index in [4.69, 9.17) is 0 Å². The molecule has 0 aromatic heterocycles. The molecule has 0 aromatic carbocycles. The highest BCUT2D eigenvalue weighted by atomic mass is 16.3. The van der Waals surface area contributed by atoms with Crippen LogP contribution in [-0.2, 0) is 0 Å². The Morgan fingerprint density at radius 2 is 1.87 bits per heavy atom. The van der Waals surface area contributed by atoms with Crippen LogP contribution < -0.4 is 0 Å². The fraction of sp³-hybridized carbons (Fsp3) is 0.778. The second-order valence-electron chi connectivity index (χ2n) is 11.9. The van der Waals surface area contributed by atoms with Crippen LogP contribution in [0, 0.1) is 34.5 Å². The van der Waals surface area contributed by atoms with Gasteiger partial charge in [0.05, 0.1) is 17.8 Å². The van der Waals surface area contributed by atoms with E-state index in [1.807, 2.05) is 13.8 Å². The molecular weight excluding hydrogens is 372 g/mol. The molecule has 4 aliphatic carbocycles. The van der Waals surface area contributed by atoms with E-state index in [-0.39, 0.29) is 5.41 Å². The van der Waals surface area contributed by atoms with Crippen LogP contribution in [0.15, 0.2) is 35.5 Å². The van der Waals surface area contributed by atoms with Crippen LogP contribution in [-0.4, -0.2) is 33.1 Å². The smallest absolute Gasteiger partial charge is 0.0661 e. The van der Waals surface area contributed by atoms with E-state index in [9.17, 15) is 15.3 Å². The van der Waals surface area contributed by atoms with E-state index in [2.05, 4.69) is 45.1 Å². The first-order chi connectivity index (χ1) is 14.0. The zero-order valence-corrected chi connectivity index (χ0v) is 19.6. The summed E-state index contributed by atoms with van der Waals surface area (Å²) < 4.78 is 0. The van der Waals surface area contributed by atoms with Crippen LogP contribution in [0.1, 0.15) is 79.6 Å². The van der Waals surface area contributed by atoms with Crippen molar-refractivity contribution < 1.29 is 15.3 Å². The predicted molar refractivity (Wildman–Crippen MR) is 122 cm³/mol. The summed E-state index contributed by atoms with van der Waals surface area (Å²) >= 11 is 0. The Labute approximate surface area is 183 Å². The maximum absolute atomic E-state index is 11.0. The SMILES string of the molecule is C[C@H](C=CCC(C)(C)O)[C@H]1CC[C@H]2C3=CC=C4C[C@@H](O)C[C@H](O)[C@]4(C)[C@H]3CC[C@]12C. The second kappa shape index (κ2) is 7.60. The van der Waals surface area contributed by atoms with Crippen LogP contribution >= 0.6 is 0 Å². The molecule has 4 aliphatic rings. The van der Waals surface area contributed by atoms with Gasteiger partial charge in [-0.2, -0.15) is 0 Å². The first-order valence-corrected chi connectivity index (χ1v) is 12.1. The molecule has 0 aromatic rings. The molecule has 3 heteroatoms. The highest BCUT2D eigenvalue weighted by Gasteiger charge is 2.58. The Bertz CT molecular complexity index is 757. The lowest BCUT2D eigenvalue weighted by atomic mass is 9.49. The van der Waals surface area contributed by atoms with Crippen molar-refractivity contribution in [3.63, 3.8) is 0 Å². The Hall–Kier alpha value is -0.900. The van der Waals surface area contributed by atoms with E-state index in [0.717, 1.165) is 6.42 Å². The summed E-state index contributed by atoms with van der Waals surface area (Å²) in [7, 11) is 0. The quantitative estimate of drug-likeness (QED) is 0.556. The standard InChI is InChI=1S/C27H42O3/c1-17(7-6-13-25(2,3)30)21-10-11-22-20-9-8-18-15-19(28)16-24(29)27(18,5)23(20)12-14-26(21,22)4/h6-9,17,19,21-24,28-30H,10-16H2,1-5H3/t17-,19-,21-,22+,23+,24+,26-,27+/m1/s1. The molecule has 0 unspecified atom stereocenters. The lowest BCUT2D eigenvalue weighted by Crippen LogP contribution is -2.52. The number of rotatable bonds is 4. The molecule has 0 radical (unpaired) electrons. The first kappa shape index (κ1) is 22.3. The molecule has 168 valence electrons. The van der Waals surface area contributed by atoms with E-state index in [1.165, 1.54) is 24.8 Å². The Balaban J connectivity index is 1.58. The summed E-state index contributed by atoms with van der Waals surface area (Å²) in [4.78, 5) is 0. The van der Waals surface area contributed by atoms with Gasteiger partial charge >= 0.3 is 0 Å². The van der Waals surface area contributed by atoms with Gasteiger partial charge in [-0.05, 0) is 81.5 Å². The fourth-order valence-electron chi connectivity index (χ4n) is 7.66. The van der Waals surface area contributed by atoms with Crippen LogP contribution in [0.3, 0.4) is 0 Å². The molecule has 30 heavy (non-hydrogen) atoms. The van der Waals surface area contributed by atoms with Gasteiger partial charge in [-0.1, -0.05) is 56.2 Å². The molecular formula is C27H42O3. The van der Waals surface area contributed by atoms with Crippen molar-refractivity contribution in [2.45, 2.75) is 97.4 Å². The van der Waals surface area contributed by atoms with Crippen molar-refractivity contribution >= 4 is 0 Å². The molecule has 3 N–H and O–H groups in total. The topological polar surface area (TPSA) is 60.7 Å². The minimum absolute atomic E-state index is 0.207. The minimum atomic E-state index is -0.642. The van der Waals surface area contributed by atoms with Crippen molar-refractivity contribution in [3.8, 4) is 0 Å². The van der Waals surface area contributed by atoms with Crippen LogP contribution in [0.4, 0.5) is 0 Å². The van der Waals surface area contributed by atoms with Crippen LogP contribution in [0.2, 0.25) is 0 Å². The number of fused-ring (bicyclic) bond motifs is 5. The van der Waals surface area contributed by atoms with Crippen LogP contribution in [0.25, 0.3) is 0 Å². The van der Waals surface area contributed by atoms with Crippen molar-refractivity contribution in [3.05, 3.63) is 35.5 Å². The maximum Gasteiger partial charge on any atom is 0.0661 e. The average Bonchev–Trinajstić information content (AvgIpc) is 2.99. The van der Waals surface area contributed by atoms with Crippen LogP contribution in [0.5, 0.6) is 0 Å². The molecule has 8 atom stereocenters. The number of aliphatic hydroxyl groups excluding tert-OH is 2. The summed E-state index contributed by atoms with van der Waals surface area (Å²) in [6, 6.07) is 0. The zero-order chi connectivity index (χ0) is 21.9. The average molecular weight is 415 g/mol. The summed E-state index contributed by atoms with van der Waals surface area (Å²) in [5.41, 5.74) is 2.28. The summed E-state index contributed by atoms with van der Waals surface area (Å²) in [5.74, 6) is 2.19. The monoisotopic (exact) mass is 414 g/mol. The van der Waals surface area contributed by atoms with E-state index in [1.54, 1.807) is 5.57 Å². The van der Waals surface area contributed by atoms with Gasteiger partial charge in [0, 0.05) is 11.8 Å². The highest BCUT2D eigenvalue weighted by Crippen LogP contribution is 2.65. The first-order valence-electron chi connectivity index (χ1n) is 12.1. The molecule has 0 heterocycles. The zero-order valence-electron chi connectivity index (χ0n) is 19.6. The lowest BCUT2D eigenvalue weighted by Gasteiger charge is -2.56. The molecule has 3 saturated carbocycles. The number of hydrogen-bond acceptors (Lipinski definition) is 3. The van der Waals surface area contributed by atoms with Gasteiger partial charge in [0.2, 0.25) is 0 Å². The highest BCUT2D eigenvalue weighted by molar-refractivity contribution is 5.40. The van der Waals surface area contributed by atoms with Gasteiger partial charge in [0.1, 0.15) is 0 Å². The van der Waals surface area contributed by atoms with Gasteiger partial charge < -0.3 is 15.3 Å². The fourth-order valence-corrected chi connectivity index (χ4v) is 7.66. The third-order valence-corrected chi connectivity index (χ3v) is 9.41. The molecule has 3 fully saturated rings. The Kier molecular flexibility index (Phi) is 5.65. The Morgan fingerprint density at radius 1 is 1.13 bits per heavy atom. The molecule has 4 rings (SSSR count). The summed E-state index contributed by atoms with van der Waals surface area (Å²) in [5, 5.41) is 31.2. The third-order valence-electron chi connectivity index (χ3n) is 9.41. The number of hydrogen-bond donors (Lipinski definition) is 3. The van der Waals surface area contributed by atoms with Gasteiger partial charge in [-0.25, -0.2) is 0 Å². The molecule has 3 nitrogen and oxygen atoms in total. The van der Waals surface area contributed by atoms with Gasteiger partial charge in [0.15, 0.2) is 0 Å². The van der Waals surface area contributed by atoms with Crippen molar-refractivity contribution in [2.75, 3.05) is 0 Å².